The second-order valence-electron chi connectivity index (χ2n) is 4.77. The predicted molar refractivity (Wildman–Crippen MR) is 77.6 cm³/mol. The number of carboxylic acids is 1. The van der Waals surface area contributed by atoms with E-state index in [2.05, 4.69) is 10.6 Å². The molecule has 0 spiro atoms. The second-order valence-corrected chi connectivity index (χ2v) is 4.77. The molecule has 0 aliphatic rings. The second kappa shape index (κ2) is 8.32. The van der Waals surface area contributed by atoms with Gasteiger partial charge < -0.3 is 15.7 Å². The van der Waals surface area contributed by atoms with Crippen LogP contribution in [0.15, 0.2) is 24.3 Å². The van der Waals surface area contributed by atoms with Crippen LogP contribution in [-0.2, 0) is 11.3 Å². The molecule has 1 rings (SSSR count). The lowest BCUT2D eigenvalue weighted by molar-refractivity contribution is -0.121. The third kappa shape index (κ3) is 5.40. The van der Waals surface area contributed by atoms with Gasteiger partial charge in [-0.15, -0.1) is 0 Å². The Bertz CT molecular complexity index is 460. The summed E-state index contributed by atoms with van der Waals surface area (Å²) in [6.45, 7) is 4.95. The molecule has 0 saturated heterocycles. The molecule has 20 heavy (non-hydrogen) atoms. The van der Waals surface area contributed by atoms with Gasteiger partial charge in [0.25, 0.3) is 0 Å². The summed E-state index contributed by atoms with van der Waals surface area (Å²) in [5.74, 6) is -0.921. The maximum Gasteiger partial charge on any atom is 0.336 e. The third-order valence-electron chi connectivity index (χ3n) is 3.11. The lowest BCUT2D eigenvalue weighted by atomic mass is 10.1. The molecule has 110 valence electrons. The van der Waals surface area contributed by atoms with E-state index in [0.29, 0.717) is 25.1 Å². The SMILES string of the molecule is CCC(C)NC(=O)CCNCc1ccccc1C(=O)O. The van der Waals surface area contributed by atoms with E-state index in [-0.39, 0.29) is 11.9 Å². The van der Waals surface area contributed by atoms with E-state index >= 15 is 0 Å². The Morgan fingerprint density at radius 1 is 1.30 bits per heavy atom. The fraction of sp³-hybridized carbons (Fsp3) is 0.467. The van der Waals surface area contributed by atoms with Crippen molar-refractivity contribution in [1.29, 1.82) is 0 Å². The van der Waals surface area contributed by atoms with E-state index in [4.69, 9.17) is 5.11 Å². The Kier molecular flexibility index (Phi) is 6.73. The Labute approximate surface area is 119 Å². The van der Waals surface area contributed by atoms with Crippen molar-refractivity contribution >= 4 is 11.9 Å². The number of hydrogen-bond donors (Lipinski definition) is 3. The Morgan fingerprint density at radius 2 is 2.00 bits per heavy atom. The van der Waals surface area contributed by atoms with Gasteiger partial charge in [0.1, 0.15) is 0 Å². The van der Waals surface area contributed by atoms with Gasteiger partial charge in [0.05, 0.1) is 5.56 Å². The smallest absolute Gasteiger partial charge is 0.336 e. The first-order valence-electron chi connectivity index (χ1n) is 6.85. The Hall–Kier alpha value is -1.88. The molecule has 0 aliphatic carbocycles. The molecule has 0 heterocycles. The molecule has 5 heteroatoms. The summed E-state index contributed by atoms with van der Waals surface area (Å²) in [5.41, 5.74) is 1.02. The summed E-state index contributed by atoms with van der Waals surface area (Å²) < 4.78 is 0. The van der Waals surface area contributed by atoms with Crippen molar-refractivity contribution in [2.75, 3.05) is 6.54 Å². The van der Waals surface area contributed by atoms with E-state index in [1.165, 1.54) is 0 Å². The first-order chi connectivity index (χ1) is 9.54. The molecule has 5 nitrogen and oxygen atoms in total. The average molecular weight is 278 g/mol. The molecule has 1 atom stereocenters. The summed E-state index contributed by atoms with van der Waals surface area (Å²) in [7, 11) is 0. The maximum absolute atomic E-state index is 11.6. The lowest BCUT2D eigenvalue weighted by Gasteiger charge is -2.12. The van der Waals surface area contributed by atoms with Gasteiger partial charge >= 0.3 is 5.97 Å². The third-order valence-corrected chi connectivity index (χ3v) is 3.11. The van der Waals surface area contributed by atoms with Crippen LogP contribution in [0.25, 0.3) is 0 Å². The number of carboxylic acid groups (broad SMARTS) is 1. The molecule has 0 aromatic heterocycles. The van der Waals surface area contributed by atoms with Crippen LogP contribution in [0.1, 0.15) is 42.6 Å². The predicted octanol–water partition coefficient (Wildman–Crippen LogP) is 1.78. The topological polar surface area (TPSA) is 78.4 Å². The zero-order chi connectivity index (χ0) is 15.0. The summed E-state index contributed by atoms with van der Waals surface area (Å²) in [6.07, 6.45) is 1.30. The molecule has 0 aliphatic heterocycles. The highest BCUT2D eigenvalue weighted by Crippen LogP contribution is 2.08. The van der Waals surface area contributed by atoms with E-state index < -0.39 is 5.97 Å². The van der Waals surface area contributed by atoms with Gasteiger partial charge in [-0.2, -0.15) is 0 Å². The summed E-state index contributed by atoms with van der Waals surface area (Å²) >= 11 is 0. The zero-order valence-electron chi connectivity index (χ0n) is 12.0. The number of hydrogen-bond acceptors (Lipinski definition) is 3. The van der Waals surface area contributed by atoms with Gasteiger partial charge in [0.2, 0.25) is 5.91 Å². The van der Waals surface area contributed by atoms with E-state index in [9.17, 15) is 9.59 Å². The lowest BCUT2D eigenvalue weighted by Crippen LogP contribution is -2.34. The highest BCUT2D eigenvalue weighted by atomic mass is 16.4. The van der Waals surface area contributed by atoms with Crippen molar-refractivity contribution < 1.29 is 14.7 Å². The van der Waals surface area contributed by atoms with Crippen molar-refractivity contribution in [2.24, 2.45) is 0 Å². The molecule has 1 amide bonds. The largest absolute Gasteiger partial charge is 0.478 e. The molecule has 1 aromatic carbocycles. The molecule has 0 fully saturated rings. The minimum Gasteiger partial charge on any atom is -0.478 e. The van der Waals surface area contributed by atoms with E-state index in [0.717, 1.165) is 12.0 Å². The Balaban J connectivity index is 2.35. The summed E-state index contributed by atoms with van der Waals surface area (Å²) in [5, 5.41) is 15.0. The van der Waals surface area contributed by atoms with Crippen LogP contribution in [0, 0.1) is 0 Å². The van der Waals surface area contributed by atoms with Crippen LogP contribution in [0.2, 0.25) is 0 Å². The van der Waals surface area contributed by atoms with Crippen LogP contribution in [0.4, 0.5) is 0 Å². The number of carbonyl (C=O) groups excluding carboxylic acids is 1. The monoisotopic (exact) mass is 278 g/mol. The van der Waals surface area contributed by atoms with Crippen molar-refractivity contribution in [2.45, 2.75) is 39.3 Å². The molecule has 1 aromatic rings. The van der Waals surface area contributed by atoms with Crippen molar-refractivity contribution in [3.63, 3.8) is 0 Å². The fourth-order valence-electron chi connectivity index (χ4n) is 1.76. The van der Waals surface area contributed by atoms with Gasteiger partial charge in [0.15, 0.2) is 0 Å². The standard InChI is InChI=1S/C15H22N2O3/c1-3-11(2)17-14(18)8-9-16-10-12-6-4-5-7-13(12)15(19)20/h4-7,11,16H,3,8-10H2,1-2H3,(H,17,18)(H,19,20). The Morgan fingerprint density at radius 3 is 2.65 bits per heavy atom. The minimum atomic E-state index is -0.933. The number of rotatable bonds is 8. The molecular formula is C15H22N2O3. The first-order valence-corrected chi connectivity index (χ1v) is 6.85. The molecule has 0 radical (unpaired) electrons. The van der Waals surface area contributed by atoms with Gasteiger partial charge in [0, 0.05) is 25.6 Å². The number of carbonyl (C=O) groups is 2. The normalized spacial score (nSPS) is 11.9. The van der Waals surface area contributed by atoms with Crippen LogP contribution in [0.3, 0.4) is 0 Å². The van der Waals surface area contributed by atoms with Gasteiger partial charge in [-0.05, 0) is 25.0 Å². The number of amides is 1. The molecule has 3 N–H and O–H groups in total. The summed E-state index contributed by atoms with van der Waals surface area (Å²) in [4.78, 5) is 22.6. The van der Waals surface area contributed by atoms with Crippen molar-refractivity contribution in [3.8, 4) is 0 Å². The minimum absolute atomic E-state index is 0.0124. The highest BCUT2D eigenvalue weighted by molar-refractivity contribution is 5.89. The maximum atomic E-state index is 11.6. The molecule has 0 bridgehead atoms. The van der Waals surface area contributed by atoms with E-state index in [1.54, 1.807) is 24.3 Å². The van der Waals surface area contributed by atoms with Crippen molar-refractivity contribution in [1.82, 2.24) is 10.6 Å². The van der Waals surface area contributed by atoms with Crippen LogP contribution in [-0.4, -0.2) is 29.6 Å². The molecular weight excluding hydrogens is 256 g/mol. The zero-order valence-corrected chi connectivity index (χ0v) is 12.0. The molecule has 1 unspecified atom stereocenters. The highest BCUT2D eigenvalue weighted by Gasteiger charge is 2.09. The number of benzene rings is 1. The van der Waals surface area contributed by atoms with Crippen LogP contribution in [0.5, 0.6) is 0 Å². The molecule has 0 saturated carbocycles. The van der Waals surface area contributed by atoms with Gasteiger partial charge in [-0.25, -0.2) is 4.79 Å². The number of aromatic carboxylic acids is 1. The summed E-state index contributed by atoms with van der Waals surface area (Å²) in [6, 6.07) is 7.05. The van der Waals surface area contributed by atoms with Crippen LogP contribution < -0.4 is 10.6 Å². The first kappa shape index (κ1) is 16.2. The van der Waals surface area contributed by atoms with Gasteiger partial charge in [-0.1, -0.05) is 25.1 Å². The van der Waals surface area contributed by atoms with E-state index in [1.807, 2.05) is 13.8 Å². The quantitative estimate of drug-likeness (QED) is 0.633. The van der Waals surface area contributed by atoms with Gasteiger partial charge in [-0.3, -0.25) is 4.79 Å². The average Bonchev–Trinajstić information content (AvgIpc) is 2.43. The van der Waals surface area contributed by atoms with Crippen molar-refractivity contribution in [3.05, 3.63) is 35.4 Å². The fourth-order valence-corrected chi connectivity index (χ4v) is 1.76. The van der Waals surface area contributed by atoms with Crippen LogP contribution >= 0.6 is 0 Å². The number of nitrogens with one attached hydrogen (secondary N) is 2.